The molecule has 2 saturated carbocycles. The number of nitrogens with zero attached hydrogens (tertiary/aromatic N) is 1. The minimum absolute atomic E-state index is 0.0302. The van der Waals surface area contributed by atoms with E-state index in [1.807, 2.05) is 0 Å². The van der Waals surface area contributed by atoms with E-state index in [2.05, 4.69) is 0 Å². The molecule has 3 nitrogen and oxygen atoms in total. The zero-order valence-electron chi connectivity index (χ0n) is 12.9. The molecule has 23 heavy (non-hydrogen) atoms. The monoisotopic (exact) mass is 326 g/mol. The molecule has 0 unspecified atom stereocenters. The number of nitrogens with two attached hydrogens (primary N) is 1. The van der Waals surface area contributed by atoms with Crippen LogP contribution in [0.3, 0.4) is 0 Å². The Bertz CT molecular complexity index is 583. The van der Waals surface area contributed by atoms with Crippen molar-refractivity contribution in [2.75, 3.05) is 0 Å². The van der Waals surface area contributed by atoms with Crippen molar-refractivity contribution in [1.29, 1.82) is 0 Å². The highest BCUT2D eigenvalue weighted by Crippen LogP contribution is 2.37. The Balaban J connectivity index is 1.80. The molecule has 126 valence electrons. The first kappa shape index (κ1) is 16.3. The highest BCUT2D eigenvalue weighted by molar-refractivity contribution is 5.80. The summed E-state index contributed by atoms with van der Waals surface area (Å²) in [5, 5.41) is 0. The van der Waals surface area contributed by atoms with Gasteiger partial charge in [-0.1, -0.05) is 18.2 Å². The largest absolute Gasteiger partial charge is 0.416 e. The topological polar surface area (TPSA) is 46.3 Å². The second kappa shape index (κ2) is 6.15. The summed E-state index contributed by atoms with van der Waals surface area (Å²) in [6, 6.07) is 5.63. The van der Waals surface area contributed by atoms with Crippen LogP contribution in [0.15, 0.2) is 24.3 Å². The Morgan fingerprint density at radius 2 is 1.87 bits per heavy atom. The number of carbonyl (C=O) groups excluding carboxylic acids is 1. The van der Waals surface area contributed by atoms with Crippen LogP contribution in [-0.2, 0) is 17.5 Å². The third-order valence-electron chi connectivity index (χ3n) is 4.76. The SMILES string of the molecule is N[C@H]1CC[C@H](C(=O)N(Cc2ccccc2C(F)(F)F)C2CC2)C1. The maximum atomic E-state index is 13.1. The molecule has 2 N–H and O–H groups in total. The van der Waals surface area contributed by atoms with E-state index in [-0.39, 0.29) is 36.0 Å². The number of carbonyl (C=O) groups is 1. The molecule has 0 heterocycles. The van der Waals surface area contributed by atoms with Crippen molar-refractivity contribution in [2.24, 2.45) is 11.7 Å². The lowest BCUT2D eigenvalue weighted by Crippen LogP contribution is -2.37. The number of hydrogen-bond acceptors (Lipinski definition) is 2. The van der Waals surface area contributed by atoms with Crippen LogP contribution in [-0.4, -0.2) is 22.9 Å². The fraction of sp³-hybridized carbons (Fsp3) is 0.588. The van der Waals surface area contributed by atoms with Crippen LogP contribution in [0.1, 0.15) is 43.2 Å². The first-order valence-corrected chi connectivity index (χ1v) is 8.07. The standard InChI is InChI=1S/C17H21F3N2O/c18-17(19,20)15-4-2-1-3-12(15)10-22(14-7-8-14)16(23)11-5-6-13(21)9-11/h1-4,11,13-14H,5-10,21H2/t11-,13-/m0/s1. The zero-order valence-corrected chi connectivity index (χ0v) is 12.9. The fourth-order valence-corrected chi connectivity index (χ4v) is 3.37. The molecule has 6 heteroatoms. The van der Waals surface area contributed by atoms with Gasteiger partial charge in [-0.25, -0.2) is 0 Å². The van der Waals surface area contributed by atoms with E-state index in [0.717, 1.165) is 31.7 Å². The predicted octanol–water partition coefficient (Wildman–Crippen LogP) is 3.32. The maximum absolute atomic E-state index is 13.1. The number of hydrogen-bond donors (Lipinski definition) is 1. The van der Waals surface area contributed by atoms with Crippen molar-refractivity contribution < 1.29 is 18.0 Å². The molecule has 1 aromatic rings. The van der Waals surface area contributed by atoms with Crippen LogP contribution in [0.5, 0.6) is 0 Å². The van der Waals surface area contributed by atoms with Gasteiger partial charge in [0.25, 0.3) is 0 Å². The van der Waals surface area contributed by atoms with Crippen LogP contribution >= 0.6 is 0 Å². The van der Waals surface area contributed by atoms with Crippen molar-refractivity contribution in [1.82, 2.24) is 4.90 Å². The summed E-state index contributed by atoms with van der Waals surface area (Å²) in [6.45, 7) is 0.0327. The summed E-state index contributed by atoms with van der Waals surface area (Å²) in [5.41, 5.74) is 5.39. The summed E-state index contributed by atoms with van der Waals surface area (Å²) < 4.78 is 39.4. The maximum Gasteiger partial charge on any atom is 0.416 e. The van der Waals surface area contributed by atoms with E-state index in [9.17, 15) is 18.0 Å². The highest BCUT2D eigenvalue weighted by atomic mass is 19.4. The average Bonchev–Trinajstić information content (AvgIpc) is 3.24. The van der Waals surface area contributed by atoms with Gasteiger partial charge in [0.1, 0.15) is 0 Å². The average molecular weight is 326 g/mol. The Kier molecular flexibility index (Phi) is 4.36. The molecule has 1 amide bonds. The molecule has 0 radical (unpaired) electrons. The number of rotatable bonds is 4. The molecule has 1 aromatic carbocycles. The van der Waals surface area contributed by atoms with Crippen LogP contribution in [0.2, 0.25) is 0 Å². The Morgan fingerprint density at radius 3 is 2.43 bits per heavy atom. The van der Waals surface area contributed by atoms with Crippen LogP contribution in [0.4, 0.5) is 13.2 Å². The van der Waals surface area contributed by atoms with Gasteiger partial charge in [-0.3, -0.25) is 4.79 Å². The van der Waals surface area contributed by atoms with Crippen LogP contribution in [0.25, 0.3) is 0 Å². The second-order valence-corrected chi connectivity index (χ2v) is 6.62. The van der Waals surface area contributed by atoms with Gasteiger partial charge < -0.3 is 10.6 Å². The molecule has 2 fully saturated rings. The number of benzene rings is 1. The van der Waals surface area contributed by atoms with Crippen LogP contribution in [0, 0.1) is 5.92 Å². The third kappa shape index (κ3) is 3.68. The van der Waals surface area contributed by atoms with Gasteiger partial charge in [0.2, 0.25) is 5.91 Å². The van der Waals surface area contributed by atoms with Gasteiger partial charge >= 0.3 is 6.18 Å². The quantitative estimate of drug-likeness (QED) is 0.922. The molecule has 0 aromatic heterocycles. The Morgan fingerprint density at radius 1 is 1.17 bits per heavy atom. The van der Waals surface area contributed by atoms with Crippen LogP contribution < -0.4 is 5.73 Å². The van der Waals surface area contributed by atoms with Gasteiger partial charge in [0.15, 0.2) is 0 Å². The second-order valence-electron chi connectivity index (χ2n) is 6.62. The van der Waals surface area contributed by atoms with E-state index < -0.39 is 11.7 Å². The van der Waals surface area contributed by atoms with Crippen molar-refractivity contribution in [3.05, 3.63) is 35.4 Å². The number of halogens is 3. The van der Waals surface area contributed by atoms with Gasteiger partial charge in [-0.15, -0.1) is 0 Å². The lowest BCUT2D eigenvalue weighted by Gasteiger charge is -2.27. The Hall–Kier alpha value is -1.56. The number of amides is 1. The van der Waals surface area contributed by atoms with E-state index in [0.29, 0.717) is 6.42 Å². The minimum Gasteiger partial charge on any atom is -0.335 e. The molecular formula is C17H21F3N2O. The molecule has 3 rings (SSSR count). The molecule has 2 aliphatic carbocycles. The molecule has 2 atom stereocenters. The smallest absolute Gasteiger partial charge is 0.335 e. The molecule has 0 bridgehead atoms. The molecule has 0 aliphatic heterocycles. The van der Waals surface area contributed by atoms with E-state index in [1.54, 1.807) is 11.0 Å². The molecule has 0 spiro atoms. The summed E-state index contributed by atoms with van der Waals surface area (Å²) in [5.74, 6) is -0.166. The van der Waals surface area contributed by atoms with Gasteiger partial charge in [0, 0.05) is 24.5 Å². The van der Waals surface area contributed by atoms with Crippen molar-refractivity contribution in [3.63, 3.8) is 0 Å². The van der Waals surface area contributed by atoms with Gasteiger partial charge in [0.05, 0.1) is 5.56 Å². The lowest BCUT2D eigenvalue weighted by atomic mass is 10.0. The van der Waals surface area contributed by atoms with E-state index in [1.165, 1.54) is 12.1 Å². The highest BCUT2D eigenvalue weighted by Gasteiger charge is 2.40. The van der Waals surface area contributed by atoms with Crippen molar-refractivity contribution >= 4 is 5.91 Å². The van der Waals surface area contributed by atoms with Crippen molar-refractivity contribution in [3.8, 4) is 0 Å². The summed E-state index contributed by atoms with van der Waals surface area (Å²) in [6.07, 6.45) is -0.455. The normalized spacial score (nSPS) is 24.7. The number of alkyl halides is 3. The van der Waals surface area contributed by atoms with Gasteiger partial charge in [-0.05, 0) is 43.7 Å². The fourth-order valence-electron chi connectivity index (χ4n) is 3.37. The predicted molar refractivity (Wildman–Crippen MR) is 80.3 cm³/mol. The van der Waals surface area contributed by atoms with E-state index >= 15 is 0 Å². The minimum atomic E-state index is -4.40. The third-order valence-corrected chi connectivity index (χ3v) is 4.76. The van der Waals surface area contributed by atoms with Crippen molar-refractivity contribution in [2.45, 2.75) is 56.9 Å². The van der Waals surface area contributed by atoms with E-state index in [4.69, 9.17) is 5.73 Å². The first-order valence-electron chi connectivity index (χ1n) is 8.07. The molecule has 2 aliphatic rings. The first-order chi connectivity index (χ1) is 10.9. The molecular weight excluding hydrogens is 305 g/mol. The summed E-state index contributed by atoms with van der Waals surface area (Å²) in [4.78, 5) is 14.4. The zero-order chi connectivity index (χ0) is 16.6. The van der Waals surface area contributed by atoms with Gasteiger partial charge in [-0.2, -0.15) is 13.2 Å². The summed E-state index contributed by atoms with van der Waals surface area (Å²) in [7, 11) is 0. The summed E-state index contributed by atoms with van der Waals surface area (Å²) >= 11 is 0. The lowest BCUT2D eigenvalue weighted by molar-refractivity contribution is -0.141. The Labute approximate surface area is 133 Å². The molecule has 0 saturated heterocycles.